The first-order chi connectivity index (χ1) is 19.4. The molecule has 7 nitrogen and oxygen atoms in total. The zero-order chi connectivity index (χ0) is 28.2. The minimum absolute atomic E-state index is 0.0636. The predicted octanol–water partition coefficient (Wildman–Crippen LogP) is 5.33. The Morgan fingerprint density at radius 2 is 1.82 bits per heavy atom. The first kappa shape index (κ1) is 27.7. The monoisotopic (exact) mass is 547 g/mol. The van der Waals surface area contributed by atoms with Gasteiger partial charge < -0.3 is 10.1 Å². The smallest absolute Gasteiger partial charge is 0.242 e. The Labute approximate surface area is 233 Å². The lowest BCUT2D eigenvalue weighted by molar-refractivity contribution is -0.121. The molecular formula is C31H35F2N5O2. The average Bonchev–Trinajstić information content (AvgIpc) is 3.64. The summed E-state index contributed by atoms with van der Waals surface area (Å²) in [4.78, 5) is 13.6. The Morgan fingerprint density at radius 1 is 1.12 bits per heavy atom. The SMILES string of the molecule is COCC[C@@H]1C[C@@H](NC(=O)Cc2c(C)c(-c3cnn(C)c3)nn2-c2ccccc2)[C@H](c2ccccc2)[C@H]1C(F)F. The van der Waals surface area contributed by atoms with Gasteiger partial charge in [0.2, 0.25) is 12.3 Å². The van der Waals surface area contributed by atoms with Crippen molar-refractivity contribution >= 4 is 5.91 Å². The second kappa shape index (κ2) is 12.1. The molecule has 5 rings (SSSR count). The molecule has 9 heteroatoms. The third-order valence-electron chi connectivity index (χ3n) is 8.01. The van der Waals surface area contributed by atoms with Crippen LogP contribution < -0.4 is 5.32 Å². The van der Waals surface area contributed by atoms with E-state index in [1.54, 1.807) is 22.7 Å². The van der Waals surface area contributed by atoms with E-state index in [1.165, 1.54) is 0 Å². The van der Waals surface area contributed by atoms with Crippen LogP contribution in [0.5, 0.6) is 0 Å². The first-order valence-electron chi connectivity index (χ1n) is 13.6. The molecule has 0 radical (unpaired) electrons. The number of rotatable bonds is 10. The van der Waals surface area contributed by atoms with Gasteiger partial charge in [-0.2, -0.15) is 10.2 Å². The molecule has 1 amide bonds. The average molecular weight is 548 g/mol. The summed E-state index contributed by atoms with van der Waals surface area (Å²) < 4.78 is 37.7. The molecule has 1 aliphatic rings. The van der Waals surface area contributed by atoms with Crippen molar-refractivity contribution in [3.05, 3.63) is 89.9 Å². The molecule has 1 N–H and O–H groups in total. The highest BCUT2D eigenvalue weighted by Gasteiger charge is 2.48. The van der Waals surface area contributed by atoms with Crippen LogP contribution in [-0.2, 0) is 23.0 Å². The van der Waals surface area contributed by atoms with Crippen LogP contribution >= 0.6 is 0 Å². The highest BCUT2D eigenvalue weighted by molar-refractivity contribution is 5.80. The number of nitrogens with one attached hydrogen (secondary N) is 1. The molecule has 1 aliphatic carbocycles. The van der Waals surface area contributed by atoms with Gasteiger partial charge in [0.15, 0.2) is 0 Å². The number of alkyl halides is 2. The molecule has 0 saturated heterocycles. The summed E-state index contributed by atoms with van der Waals surface area (Å²) >= 11 is 0. The summed E-state index contributed by atoms with van der Waals surface area (Å²) in [5, 5.41) is 12.3. The molecule has 4 atom stereocenters. The zero-order valence-electron chi connectivity index (χ0n) is 23.0. The molecule has 0 bridgehead atoms. The van der Waals surface area contributed by atoms with Crippen LogP contribution in [-0.4, -0.2) is 51.7 Å². The standard InChI is InChI=1S/C31H35F2N5O2/c1-20-26(38(24-12-8-5-9-13-24)36-30(20)23-18-34-37(2)19-23)17-27(39)35-25-16-22(14-15-40-3)29(31(32)33)28(25)21-10-6-4-7-11-21/h4-13,18-19,22,25,28-29,31H,14-17H2,1-3H3,(H,35,39)/t22-,25-,28+,29+/m1/s1. The second-order valence-electron chi connectivity index (χ2n) is 10.5. The number of aryl methyl sites for hydroxylation is 1. The molecule has 0 unspecified atom stereocenters. The van der Waals surface area contributed by atoms with Gasteiger partial charge in [-0.3, -0.25) is 9.48 Å². The molecule has 40 heavy (non-hydrogen) atoms. The number of methoxy groups -OCH3 is 1. The fraction of sp³-hybridized carbons (Fsp3) is 0.387. The van der Waals surface area contributed by atoms with Gasteiger partial charge in [0.25, 0.3) is 0 Å². The maximum Gasteiger partial charge on any atom is 0.242 e. The van der Waals surface area contributed by atoms with Gasteiger partial charge in [0.05, 0.1) is 29.7 Å². The molecule has 4 aromatic rings. The number of ether oxygens (including phenoxy) is 1. The lowest BCUT2D eigenvalue weighted by Gasteiger charge is -2.27. The Kier molecular flexibility index (Phi) is 8.40. The predicted molar refractivity (Wildman–Crippen MR) is 149 cm³/mol. The van der Waals surface area contributed by atoms with E-state index in [9.17, 15) is 13.6 Å². The number of halogens is 2. The van der Waals surface area contributed by atoms with Crippen molar-refractivity contribution in [1.82, 2.24) is 24.9 Å². The third kappa shape index (κ3) is 5.70. The van der Waals surface area contributed by atoms with Crippen molar-refractivity contribution in [1.29, 1.82) is 0 Å². The van der Waals surface area contributed by atoms with Crippen LogP contribution in [0.3, 0.4) is 0 Å². The number of nitrogens with zero attached hydrogens (tertiary/aromatic N) is 4. The van der Waals surface area contributed by atoms with Gasteiger partial charge in [0.1, 0.15) is 0 Å². The maximum absolute atomic E-state index is 14.5. The van der Waals surface area contributed by atoms with E-state index in [4.69, 9.17) is 9.84 Å². The van der Waals surface area contributed by atoms with Crippen LogP contribution in [0.25, 0.3) is 16.9 Å². The maximum atomic E-state index is 14.5. The molecule has 2 aromatic heterocycles. The van der Waals surface area contributed by atoms with E-state index in [-0.39, 0.29) is 18.2 Å². The Balaban J connectivity index is 1.45. The van der Waals surface area contributed by atoms with Crippen molar-refractivity contribution in [2.45, 2.75) is 44.6 Å². The highest BCUT2D eigenvalue weighted by atomic mass is 19.3. The topological polar surface area (TPSA) is 74.0 Å². The van der Waals surface area contributed by atoms with E-state index in [0.29, 0.717) is 19.4 Å². The molecular weight excluding hydrogens is 512 g/mol. The zero-order valence-corrected chi connectivity index (χ0v) is 23.0. The summed E-state index contributed by atoms with van der Waals surface area (Å²) in [6.45, 7) is 2.36. The minimum Gasteiger partial charge on any atom is -0.385 e. The van der Waals surface area contributed by atoms with E-state index in [1.807, 2.05) is 80.8 Å². The van der Waals surface area contributed by atoms with Crippen molar-refractivity contribution < 1.29 is 18.3 Å². The minimum atomic E-state index is -2.50. The second-order valence-corrected chi connectivity index (χ2v) is 10.5. The number of benzene rings is 2. The van der Waals surface area contributed by atoms with Gasteiger partial charge in [-0.25, -0.2) is 13.5 Å². The van der Waals surface area contributed by atoms with Crippen LogP contribution in [0, 0.1) is 18.8 Å². The van der Waals surface area contributed by atoms with Gasteiger partial charge in [-0.1, -0.05) is 48.5 Å². The van der Waals surface area contributed by atoms with Gasteiger partial charge in [-0.05, 0) is 48.9 Å². The summed E-state index contributed by atoms with van der Waals surface area (Å²) in [6.07, 6.45) is 2.20. The number of carbonyl (C=O) groups excluding carboxylic acids is 1. The molecule has 210 valence electrons. The molecule has 1 saturated carbocycles. The van der Waals surface area contributed by atoms with Crippen molar-refractivity contribution in [2.75, 3.05) is 13.7 Å². The van der Waals surface area contributed by atoms with E-state index >= 15 is 0 Å². The van der Waals surface area contributed by atoms with Crippen molar-refractivity contribution in [2.24, 2.45) is 18.9 Å². The molecule has 2 aromatic carbocycles. The summed E-state index contributed by atoms with van der Waals surface area (Å²) in [6, 6.07) is 18.6. The number of hydrogen-bond acceptors (Lipinski definition) is 4. The molecule has 1 fully saturated rings. The van der Waals surface area contributed by atoms with Gasteiger partial charge >= 0.3 is 0 Å². The Hall–Kier alpha value is -3.85. The third-order valence-corrected chi connectivity index (χ3v) is 8.01. The summed E-state index contributed by atoms with van der Waals surface area (Å²) in [5.41, 5.74) is 4.89. The highest BCUT2D eigenvalue weighted by Crippen LogP contribution is 2.48. The molecule has 2 heterocycles. The van der Waals surface area contributed by atoms with E-state index in [0.717, 1.165) is 33.8 Å². The van der Waals surface area contributed by atoms with Crippen LogP contribution in [0.4, 0.5) is 8.78 Å². The normalized spacial score (nSPS) is 20.8. The Morgan fingerprint density at radius 3 is 2.45 bits per heavy atom. The van der Waals surface area contributed by atoms with Gasteiger partial charge in [-0.15, -0.1) is 0 Å². The van der Waals surface area contributed by atoms with Gasteiger partial charge in [0, 0.05) is 50.4 Å². The lowest BCUT2D eigenvalue weighted by atomic mass is 9.83. The molecule has 0 spiro atoms. The van der Waals surface area contributed by atoms with Crippen LogP contribution in [0.15, 0.2) is 73.1 Å². The number of para-hydroxylation sites is 1. The number of hydrogen-bond donors (Lipinski definition) is 1. The summed E-state index contributed by atoms with van der Waals surface area (Å²) in [5.74, 6) is -1.83. The number of aromatic nitrogens is 4. The lowest BCUT2D eigenvalue weighted by Crippen LogP contribution is -2.39. The van der Waals surface area contributed by atoms with E-state index < -0.39 is 24.3 Å². The fourth-order valence-corrected chi connectivity index (χ4v) is 6.16. The fourth-order valence-electron chi connectivity index (χ4n) is 6.16. The van der Waals surface area contributed by atoms with Crippen molar-refractivity contribution in [3.8, 4) is 16.9 Å². The van der Waals surface area contributed by atoms with Crippen LogP contribution in [0.1, 0.15) is 35.6 Å². The quantitative estimate of drug-likeness (QED) is 0.291. The molecule has 0 aliphatic heterocycles. The van der Waals surface area contributed by atoms with E-state index in [2.05, 4.69) is 10.4 Å². The first-order valence-corrected chi connectivity index (χ1v) is 13.6. The number of carbonyl (C=O) groups is 1. The van der Waals surface area contributed by atoms with Crippen molar-refractivity contribution in [3.63, 3.8) is 0 Å². The summed E-state index contributed by atoms with van der Waals surface area (Å²) in [7, 11) is 3.43. The Bertz CT molecular complexity index is 1420. The van der Waals surface area contributed by atoms with Crippen LogP contribution in [0.2, 0.25) is 0 Å². The number of amides is 1. The largest absolute Gasteiger partial charge is 0.385 e.